The van der Waals surface area contributed by atoms with Crippen LogP contribution in [0.3, 0.4) is 0 Å². The fraction of sp³-hybridized carbons (Fsp3) is 0.308. The third-order valence-electron chi connectivity index (χ3n) is 2.90. The Morgan fingerprint density at radius 1 is 1.47 bits per heavy atom. The van der Waals surface area contributed by atoms with Crippen LogP contribution in [0.5, 0.6) is 0 Å². The van der Waals surface area contributed by atoms with Crippen molar-refractivity contribution >= 4 is 28.1 Å². The first kappa shape index (κ1) is 11.1. The standard InChI is InChI=1S/C13H13ClN2S/c1-2-5-15-13-16-12-10-4-3-9(14)6-8(10)7-11(12)17-13/h3-4,6H,2,5,7H2,1H3,(H,15,16). The molecule has 0 saturated carbocycles. The summed E-state index contributed by atoms with van der Waals surface area (Å²) in [5.74, 6) is 0. The Morgan fingerprint density at radius 3 is 3.18 bits per heavy atom. The van der Waals surface area contributed by atoms with Crippen LogP contribution in [0.15, 0.2) is 18.2 Å². The van der Waals surface area contributed by atoms with E-state index in [2.05, 4.69) is 23.3 Å². The Bertz CT molecular complexity index is 563. The van der Waals surface area contributed by atoms with Crippen LogP contribution in [0.25, 0.3) is 11.3 Å². The highest BCUT2D eigenvalue weighted by molar-refractivity contribution is 7.16. The predicted octanol–water partition coefficient (Wildman–Crippen LogP) is 4.19. The summed E-state index contributed by atoms with van der Waals surface area (Å²) >= 11 is 7.76. The van der Waals surface area contributed by atoms with Crippen molar-refractivity contribution in [2.24, 2.45) is 0 Å². The van der Waals surface area contributed by atoms with Gasteiger partial charge in [-0.05, 0) is 24.1 Å². The lowest BCUT2D eigenvalue weighted by Gasteiger charge is -2.01. The second kappa shape index (κ2) is 4.31. The molecule has 0 fully saturated rings. The van der Waals surface area contributed by atoms with Gasteiger partial charge in [0.25, 0.3) is 0 Å². The zero-order valence-electron chi connectivity index (χ0n) is 9.59. The molecule has 0 unspecified atom stereocenters. The molecule has 0 bridgehead atoms. The average Bonchev–Trinajstić information content (AvgIpc) is 2.82. The Morgan fingerprint density at radius 2 is 2.35 bits per heavy atom. The summed E-state index contributed by atoms with van der Waals surface area (Å²) in [6.07, 6.45) is 2.09. The highest BCUT2D eigenvalue weighted by atomic mass is 35.5. The summed E-state index contributed by atoms with van der Waals surface area (Å²) in [5.41, 5.74) is 3.68. The van der Waals surface area contributed by atoms with E-state index in [1.165, 1.54) is 16.0 Å². The molecular formula is C13H13ClN2S. The summed E-state index contributed by atoms with van der Waals surface area (Å²) < 4.78 is 0. The molecule has 17 heavy (non-hydrogen) atoms. The van der Waals surface area contributed by atoms with Crippen molar-refractivity contribution in [1.29, 1.82) is 0 Å². The molecule has 3 rings (SSSR count). The molecule has 0 spiro atoms. The maximum atomic E-state index is 6.00. The smallest absolute Gasteiger partial charge is 0.183 e. The van der Waals surface area contributed by atoms with Gasteiger partial charge in [-0.2, -0.15) is 0 Å². The number of anilines is 1. The van der Waals surface area contributed by atoms with Crippen LogP contribution >= 0.6 is 22.9 Å². The van der Waals surface area contributed by atoms with Crippen molar-refractivity contribution in [3.63, 3.8) is 0 Å². The molecule has 2 nitrogen and oxygen atoms in total. The molecule has 4 heteroatoms. The fourth-order valence-corrected chi connectivity index (χ4v) is 3.32. The van der Waals surface area contributed by atoms with Crippen LogP contribution in [-0.4, -0.2) is 11.5 Å². The van der Waals surface area contributed by atoms with E-state index < -0.39 is 0 Å². The molecular weight excluding hydrogens is 252 g/mol. The van der Waals surface area contributed by atoms with E-state index in [4.69, 9.17) is 11.6 Å². The molecule has 1 aliphatic rings. The van der Waals surface area contributed by atoms with Gasteiger partial charge in [-0.1, -0.05) is 24.6 Å². The van der Waals surface area contributed by atoms with Gasteiger partial charge in [-0.25, -0.2) is 4.98 Å². The number of nitrogens with one attached hydrogen (secondary N) is 1. The van der Waals surface area contributed by atoms with Crippen LogP contribution in [0.4, 0.5) is 5.13 Å². The largest absolute Gasteiger partial charge is 0.362 e. The van der Waals surface area contributed by atoms with E-state index in [0.717, 1.165) is 35.2 Å². The number of hydrogen-bond donors (Lipinski definition) is 1. The number of benzene rings is 1. The Hall–Kier alpha value is -1.06. The first-order valence-electron chi connectivity index (χ1n) is 5.80. The molecule has 1 N–H and O–H groups in total. The Kier molecular flexibility index (Phi) is 2.81. The van der Waals surface area contributed by atoms with E-state index in [1.807, 2.05) is 12.1 Å². The number of thiazole rings is 1. The third-order valence-corrected chi connectivity index (χ3v) is 4.15. The monoisotopic (exact) mass is 264 g/mol. The number of rotatable bonds is 3. The molecule has 0 aliphatic heterocycles. The van der Waals surface area contributed by atoms with Crippen molar-refractivity contribution in [3.05, 3.63) is 33.7 Å². The lowest BCUT2D eigenvalue weighted by molar-refractivity contribution is 0.976. The number of nitrogens with zero attached hydrogens (tertiary/aromatic N) is 1. The Balaban J connectivity index is 1.95. The van der Waals surface area contributed by atoms with Crippen molar-refractivity contribution in [2.45, 2.75) is 19.8 Å². The van der Waals surface area contributed by atoms with Gasteiger partial charge in [0, 0.05) is 28.4 Å². The van der Waals surface area contributed by atoms with Crippen LogP contribution in [0.1, 0.15) is 23.8 Å². The lowest BCUT2D eigenvalue weighted by atomic mass is 10.1. The highest BCUT2D eigenvalue weighted by Crippen LogP contribution is 2.41. The predicted molar refractivity (Wildman–Crippen MR) is 74.1 cm³/mol. The number of aromatic nitrogens is 1. The second-order valence-corrected chi connectivity index (χ2v) is 5.72. The summed E-state index contributed by atoms with van der Waals surface area (Å²) in [6, 6.07) is 6.06. The topological polar surface area (TPSA) is 24.9 Å². The minimum Gasteiger partial charge on any atom is -0.362 e. The number of fused-ring (bicyclic) bond motifs is 3. The minimum absolute atomic E-state index is 0.809. The molecule has 0 saturated heterocycles. The van der Waals surface area contributed by atoms with E-state index >= 15 is 0 Å². The van der Waals surface area contributed by atoms with Gasteiger partial charge in [0.15, 0.2) is 5.13 Å². The van der Waals surface area contributed by atoms with Gasteiger partial charge in [-0.15, -0.1) is 11.3 Å². The van der Waals surface area contributed by atoms with Gasteiger partial charge >= 0.3 is 0 Å². The molecule has 0 atom stereocenters. The summed E-state index contributed by atoms with van der Waals surface area (Å²) in [5, 5.41) is 5.20. The molecule has 1 aromatic heterocycles. The second-order valence-electron chi connectivity index (χ2n) is 4.20. The van der Waals surface area contributed by atoms with Gasteiger partial charge in [-0.3, -0.25) is 0 Å². The van der Waals surface area contributed by atoms with E-state index in [-0.39, 0.29) is 0 Å². The Labute approximate surface area is 110 Å². The van der Waals surface area contributed by atoms with Crippen molar-refractivity contribution in [2.75, 3.05) is 11.9 Å². The van der Waals surface area contributed by atoms with Crippen LogP contribution in [-0.2, 0) is 6.42 Å². The van der Waals surface area contributed by atoms with Crippen molar-refractivity contribution in [1.82, 2.24) is 4.98 Å². The molecule has 1 aliphatic carbocycles. The van der Waals surface area contributed by atoms with Crippen molar-refractivity contribution in [3.8, 4) is 11.3 Å². The van der Waals surface area contributed by atoms with Gasteiger partial charge < -0.3 is 5.32 Å². The average molecular weight is 265 g/mol. The van der Waals surface area contributed by atoms with Crippen LogP contribution in [0.2, 0.25) is 5.02 Å². The quantitative estimate of drug-likeness (QED) is 0.767. The van der Waals surface area contributed by atoms with Gasteiger partial charge in [0.2, 0.25) is 0 Å². The zero-order chi connectivity index (χ0) is 11.8. The molecule has 1 heterocycles. The van der Waals surface area contributed by atoms with Crippen LogP contribution < -0.4 is 5.32 Å². The molecule has 0 amide bonds. The maximum absolute atomic E-state index is 6.00. The number of halogens is 1. The van der Waals surface area contributed by atoms with Crippen molar-refractivity contribution < 1.29 is 0 Å². The maximum Gasteiger partial charge on any atom is 0.183 e. The molecule has 1 aromatic carbocycles. The molecule has 2 aromatic rings. The van der Waals surface area contributed by atoms with E-state index in [9.17, 15) is 0 Å². The van der Waals surface area contributed by atoms with E-state index in [1.54, 1.807) is 11.3 Å². The summed E-state index contributed by atoms with van der Waals surface area (Å²) in [6.45, 7) is 3.14. The van der Waals surface area contributed by atoms with Crippen LogP contribution in [0, 0.1) is 0 Å². The highest BCUT2D eigenvalue weighted by Gasteiger charge is 2.23. The van der Waals surface area contributed by atoms with E-state index in [0.29, 0.717) is 0 Å². The summed E-state index contributed by atoms with van der Waals surface area (Å²) in [7, 11) is 0. The minimum atomic E-state index is 0.809. The normalized spacial score (nSPS) is 12.4. The fourth-order valence-electron chi connectivity index (χ4n) is 2.10. The third kappa shape index (κ3) is 1.94. The van der Waals surface area contributed by atoms with Gasteiger partial charge in [0.05, 0.1) is 5.69 Å². The zero-order valence-corrected chi connectivity index (χ0v) is 11.2. The number of hydrogen-bond acceptors (Lipinski definition) is 3. The molecule has 88 valence electrons. The van der Waals surface area contributed by atoms with Gasteiger partial charge in [0.1, 0.15) is 0 Å². The SMILES string of the molecule is CCCNc1nc2c(s1)Cc1cc(Cl)ccc1-2. The first-order valence-corrected chi connectivity index (χ1v) is 6.99. The first-order chi connectivity index (χ1) is 8.28. The summed E-state index contributed by atoms with van der Waals surface area (Å²) in [4.78, 5) is 6.01. The lowest BCUT2D eigenvalue weighted by Crippen LogP contribution is -1.98. The molecule has 0 radical (unpaired) electrons.